The first kappa shape index (κ1) is 34.6. The van der Waals surface area contributed by atoms with Crippen LogP contribution in [0, 0.1) is 0 Å². The first-order chi connectivity index (χ1) is 22.0. The molecule has 4 rings (SSSR count). The fourth-order valence-corrected chi connectivity index (χ4v) is 5.30. The zero-order valence-electron chi connectivity index (χ0n) is 27.2. The second-order valence-electron chi connectivity index (χ2n) is 12.3. The fourth-order valence-electron chi connectivity index (χ4n) is 5.30. The number of hydrogen-bond acceptors (Lipinski definition) is 11. The van der Waals surface area contributed by atoms with Crippen LogP contribution in [-0.2, 0) is 23.9 Å². The predicted molar refractivity (Wildman–Crippen MR) is 168 cm³/mol. The van der Waals surface area contributed by atoms with Crippen LogP contribution in [-0.4, -0.2) is 94.4 Å². The highest BCUT2D eigenvalue weighted by molar-refractivity contribution is 5.96. The number of carbonyl (C=O) groups is 4. The first-order valence-electron chi connectivity index (χ1n) is 16.0. The number of rotatable bonds is 12. The van der Waals surface area contributed by atoms with Crippen LogP contribution >= 0.6 is 0 Å². The number of piperazine rings is 1. The van der Waals surface area contributed by atoms with E-state index < -0.39 is 23.7 Å². The van der Waals surface area contributed by atoms with Crippen molar-refractivity contribution in [3.63, 3.8) is 0 Å². The fraction of sp³-hybridized carbons (Fsp3) is 0.576. The number of ether oxygens (including phenoxy) is 3. The molecule has 0 bridgehead atoms. The smallest absolute Gasteiger partial charge is 0.474 e. The second-order valence-corrected chi connectivity index (χ2v) is 12.3. The molecule has 1 aromatic heterocycles. The van der Waals surface area contributed by atoms with Gasteiger partial charge in [-0.15, -0.1) is 5.06 Å². The minimum Gasteiger partial charge on any atom is -0.474 e. The molecule has 0 unspecified atom stereocenters. The van der Waals surface area contributed by atoms with Gasteiger partial charge in [0, 0.05) is 31.1 Å². The molecule has 1 aliphatic heterocycles. The van der Waals surface area contributed by atoms with Crippen LogP contribution in [0.25, 0.3) is 11.4 Å². The van der Waals surface area contributed by atoms with Crippen LogP contribution in [0.4, 0.5) is 4.79 Å². The van der Waals surface area contributed by atoms with Crippen molar-refractivity contribution in [2.45, 2.75) is 90.4 Å². The van der Waals surface area contributed by atoms with E-state index in [1.165, 1.54) is 11.1 Å². The molecule has 2 aromatic rings. The standard InChI is InChI=1S/C33H45N5O8/c1-5-43-32(42)46-38-20-18-37(19-21-38)31(41)25(16-11-17-28(39)45-33(2,3)4)35-30(40)26-22-27(44-24-14-9-10-15-24)36-29(34-26)23-12-7-6-8-13-23/h6-8,12-13,22,24-25H,5,9-11,14-21H2,1-4H3,(H,35,40)/t25-/m0/s1. The lowest BCUT2D eigenvalue weighted by molar-refractivity contribution is -0.158. The van der Waals surface area contributed by atoms with E-state index in [4.69, 9.17) is 19.0 Å². The van der Waals surface area contributed by atoms with Gasteiger partial charge in [-0.25, -0.2) is 9.78 Å². The summed E-state index contributed by atoms with van der Waals surface area (Å²) in [5.74, 6) is -0.612. The van der Waals surface area contributed by atoms with Gasteiger partial charge in [-0.3, -0.25) is 14.4 Å². The Hall–Kier alpha value is -4.26. The van der Waals surface area contributed by atoms with E-state index in [1.807, 2.05) is 30.3 Å². The molecule has 0 radical (unpaired) electrons. The monoisotopic (exact) mass is 639 g/mol. The van der Waals surface area contributed by atoms with Gasteiger partial charge in [0.2, 0.25) is 11.8 Å². The third-order valence-electron chi connectivity index (χ3n) is 7.47. The van der Waals surface area contributed by atoms with Crippen LogP contribution in [0.15, 0.2) is 36.4 Å². The number of carbonyl (C=O) groups excluding carboxylic acids is 4. The highest BCUT2D eigenvalue weighted by Crippen LogP contribution is 2.25. The Morgan fingerprint density at radius 1 is 1.00 bits per heavy atom. The Kier molecular flexibility index (Phi) is 12.3. The molecule has 1 aliphatic carbocycles. The van der Waals surface area contributed by atoms with Crippen molar-refractivity contribution in [3.8, 4) is 17.3 Å². The van der Waals surface area contributed by atoms with Gasteiger partial charge in [0.05, 0.1) is 19.7 Å². The van der Waals surface area contributed by atoms with Crippen molar-refractivity contribution < 1.29 is 38.2 Å². The van der Waals surface area contributed by atoms with Crippen LogP contribution in [0.5, 0.6) is 5.88 Å². The van der Waals surface area contributed by atoms with E-state index in [1.54, 1.807) is 32.6 Å². The molecule has 13 heteroatoms. The summed E-state index contributed by atoms with van der Waals surface area (Å²) in [7, 11) is 0. The molecule has 13 nitrogen and oxygen atoms in total. The van der Waals surface area contributed by atoms with Gasteiger partial charge in [0.1, 0.15) is 23.4 Å². The van der Waals surface area contributed by atoms with Gasteiger partial charge < -0.3 is 29.3 Å². The summed E-state index contributed by atoms with van der Waals surface area (Å²) < 4.78 is 16.4. The largest absolute Gasteiger partial charge is 0.527 e. The molecular formula is C33H45N5O8. The molecule has 1 aromatic carbocycles. The molecular weight excluding hydrogens is 594 g/mol. The number of amides is 2. The molecule has 1 saturated carbocycles. The van der Waals surface area contributed by atoms with E-state index in [0.717, 1.165) is 31.2 Å². The van der Waals surface area contributed by atoms with E-state index in [9.17, 15) is 19.2 Å². The van der Waals surface area contributed by atoms with Crippen molar-refractivity contribution in [1.82, 2.24) is 25.2 Å². The Balaban J connectivity index is 1.50. The second kappa shape index (κ2) is 16.3. The predicted octanol–water partition coefficient (Wildman–Crippen LogP) is 4.31. The topological polar surface area (TPSA) is 149 Å². The lowest BCUT2D eigenvalue weighted by atomic mass is 10.1. The van der Waals surface area contributed by atoms with Crippen molar-refractivity contribution >= 4 is 23.9 Å². The van der Waals surface area contributed by atoms with Gasteiger partial charge >= 0.3 is 12.1 Å². The molecule has 0 spiro atoms. The third-order valence-corrected chi connectivity index (χ3v) is 7.47. The lowest BCUT2D eigenvalue weighted by Crippen LogP contribution is -2.55. The van der Waals surface area contributed by atoms with Crippen LogP contribution in [0.2, 0.25) is 0 Å². The highest BCUT2D eigenvalue weighted by Gasteiger charge is 2.31. The first-order valence-corrected chi connectivity index (χ1v) is 16.0. The number of aromatic nitrogens is 2. The molecule has 250 valence electrons. The average Bonchev–Trinajstić information content (AvgIpc) is 3.53. The average molecular weight is 640 g/mol. The summed E-state index contributed by atoms with van der Waals surface area (Å²) in [6.45, 7) is 8.33. The van der Waals surface area contributed by atoms with E-state index in [-0.39, 0.29) is 69.3 Å². The summed E-state index contributed by atoms with van der Waals surface area (Å²) in [6, 6.07) is 9.87. The minimum atomic E-state index is -0.943. The normalized spacial score (nSPS) is 16.4. The zero-order valence-corrected chi connectivity index (χ0v) is 27.2. The molecule has 46 heavy (non-hydrogen) atoms. The van der Waals surface area contributed by atoms with E-state index in [2.05, 4.69) is 15.3 Å². The van der Waals surface area contributed by atoms with E-state index in [0.29, 0.717) is 18.1 Å². The van der Waals surface area contributed by atoms with Crippen molar-refractivity contribution in [2.75, 3.05) is 32.8 Å². The van der Waals surface area contributed by atoms with Crippen LogP contribution in [0.3, 0.4) is 0 Å². The number of esters is 1. The van der Waals surface area contributed by atoms with Gasteiger partial charge in [0.15, 0.2) is 5.82 Å². The molecule has 1 N–H and O–H groups in total. The van der Waals surface area contributed by atoms with Crippen LogP contribution in [0.1, 0.15) is 83.1 Å². The van der Waals surface area contributed by atoms with Gasteiger partial charge in [-0.05, 0) is 66.2 Å². The van der Waals surface area contributed by atoms with E-state index >= 15 is 0 Å². The summed E-state index contributed by atoms with van der Waals surface area (Å²) in [4.78, 5) is 67.5. The third kappa shape index (κ3) is 10.7. The van der Waals surface area contributed by atoms with Crippen molar-refractivity contribution in [2.24, 2.45) is 0 Å². The summed E-state index contributed by atoms with van der Waals surface area (Å²) >= 11 is 0. The lowest BCUT2D eigenvalue weighted by Gasteiger charge is -2.35. The number of nitrogens with one attached hydrogen (secondary N) is 1. The highest BCUT2D eigenvalue weighted by atomic mass is 16.8. The number of benzene rings is 1. The summed E-state index contributed by atoms with van der Waals surface area (Å²) in [6.07, 6.45) is 3.79. The quantitative estimate of drug-likeness (QED) is 0.331. The Morgan fingerprint density at radius 2 is 1.70 bits per heavy atom. The number of hydrogen-bond donors (Lipinski definition) is 1. The van der Waals surface area contributed by atoms with Crippen LogP contribution < -0.4 is 10.1 Å². The molecule has 1 saturated heterocycles. The van der Waals surface area contributed by atoms with Crippen molar-refractivity contribution in [1.29, 1.82) is 0 Å². The van der Waals surface area contributed by atoms with Gasteiger partial charge in [0.25, 0.3) is 5.91 Å². The Bertz CT molecular complexity index is 1340. The molecule has 2 fully saturated rings. The maximum atomic E-state index is 13.8. The number of hydroxylamine groups is 2. The zero-order chi connectivity index (χ0) is 33.1. The maximum absolute atomic E-state index is 13.8. The van der Waals surface area contributed by atoms with Crippen molar-refractivity contribution in [3.05, 3.63) is 42.1 Å². The summed E-state index contributed by atoms with van der Waals surface area (Å²) in [5, 5.41) is 4.31. The molecule has 2 heterocycles. The summed E-state index contributed by atoms with van der Waals surface area (Å²) in [5.41, 5.74) is 0.161. The Labute approximate surface area is 269 Å². The molecule has 1 atom stereocenters. The maximum Gasteiger partial charge on any atom is 0.527 e. The molecule has 2 aliphatic rings. The molecule has 2 amide bonds. The number of nitrogens with zero attached hydrogens (tertiary/aromatic N) is 4. The minimum absolute atomic E-state index is 0.0168. The Morgan fingerprint density at radius 3 is 2.35 bits per heavy atom. The van der Waals surface area contributed by atoms with Gasteiger partial charge in [-0.2, -0.15) is 4.98 Å². The SMILES string of the molecule is CCOC(=O)ON1CCN(C(=O)[C@H](CCCC(=O)OC(C)(C)C)NC(=O)c2cc(OC3CCCC3)nc(-c3ccccc3)n2)CC1. The van der Waals surface area contributed by atoms with Gasteiger partial charge in [-0.1, -0.05) is 30.3 Å².